The van der Waals surface area contributed by atoms with Crippen LogP contribution in [-0.2, 0) is 0 Å². The van der Waals surface area contributed by atoms with E-state index in [0.29, 0.717) is 16.7 Å². The Labute approximate surface area is 133 Å². The van der Waals surface area contributed by atoms with Crippen molar-refractivity contribution in [3.63, 3.8) is 0 Å². The quantitative estimate of drug-likeness (QED) is 0.775. The van der Waals surface area contributed by atoms with E-state index in [1.54, 1.807) is 4.68 Å². The van der Waals surface area contributed by atoms with E-state index < -0.39 is 5.97 Å². The predicted octanol–water partition coefficient (Wildman–Crippen LogP) is 3.13. The maximum Gasteiger partial charge on any atom is 0.354 e. The lowest BCUT2D eigenvalue weighted by molar-refractivity contribution is 0.0691. The number of anilines is 1. The third-order valence-corrected chi connectivity index (χ3v) is 3.71. The van der Waals surface area contributed by atoms with Crippen molar-refractivity contribution in [1.82, 2.24) is 14.8 Å². The number of aromatic carboxylic acids is 1. The lowest BCUT2D eigenvalue weighted by Gasteiger charge is -2.05. The molecule has 6 heteroatoms. The number of benzene rings is 1. The molecule has 0 saturated carbocycles. The molecule has 0 fully saturated rings. The molecule has 3 aromatic rings. The molecule has 2 heterocycles. The third kappa shape index (κ3) is 2.52. The van der Waals surface area contributed by atoms with Crippen molar-refractivity contribution < 1.29 is 9.90 Å². The summed E-state index contributed by atoms with van der Waals surface area (Å²) >= 11 is 0. The van der Waals surface area contributed by atoms with Gasteiger partial charge in [-0.15, -0.1) is 0 Å². The highest BCUT2D eigenvalue weighted by Gasteiger charge is 2.20. The fourth-order valence-electron chi connectivity index (χ4n) is 2.63. The first-order chi connectivity index (χ1) is 10.9. The fraction of sp³-hybridized carbons (Fsp3) is 0.235. The molecule has 0 aliphatic carbocycles. The van der Waals surface area contributed by atoms with E-state index in [1.165, 1.54) is 6.07 Å². The van der Waals surface area contributed by atoms with Crippen LogP contribution in [0.1, 0.15) is 41.5 Å². The topological polar surface area (TPSA) is 94.0 Å². The van der Waals surface area contributed by atoms with Crippen LogP contribution in [-0.4, -0.2) is 25.8 Å². The van der Waals surface area contributed by atoms with Gasteiger partial charge in [0.25, 0.3) is 0 Å². The summed E-state index contributed by atoms with van der Waals surface area (Å²) in [6, 6.07) is 9.19. The van der Waals surface area contributed by atoms with Crippen LogP contribution in [0.3, 0.4) is 0 Å². The number of nitrogens with two attached hydrogens (primary N) is 1. The Kier molecular flexibility index (Phi) is 3.52. The van der Waals surface area contributed by atoms with Crippen LogP contribution in [0.15, 0.2) is 30.3 Å². The lowest BCUT2D eigenvalue weighted by Crippen LogP contribution is -2.05. The molecular formula is C17H18N4O2. The fourth-order valence-corrected chi connectivity index (χ4v) is 2.63. The van der Waals surface area contributed by atoms with E-state index in [1.807, 2.05) is 45.0 Å². The molecule has 3 N–H and O–H groups in total. The number of nitrogens with zero attached hydrogens (tertiary/aromatic N) is 3. The highest BCUT2D eigenvalue weighted by atomic mass is 16.4. The van der Waals surface area contributed by atoms with Crippen molar-refractivity contribution in [2.45, 2.75) is 26.7 Å². The van der Waals surface area contributed by atoms with Gasteiger partial charge in [0.1, 0.15) is 0 Å². The van der Waals surface area contributed by atoms with Gasteiger partial charge in [-0.2, -0.15) is 5.10 Å². The number of carboxylic acid groups (broad SMARTS) is 1. The number of hydrogen-bond donors (Lipinski definition) is 2. The number of aryl methyl sites for hydroxylation is 1. The molecule has 1 aromatic carbocycles. The van der Waals surface area contributed by atoms with Crippen LogP contribution in [0.2, 0.25) is 0 Å². The number of pyridine rings is 1. The van der Waals surface area contributed by atoms with Crippen LogP contribution < -0.4 is 5.73 Å². The SMILES string of the molecule is Cc1cccc(-n2nc(C(C)C)c3c(N)cc(C(=O)O)nc32)c1. The molecule has 2 aromatic heterocycles. The Morgan fingerprint density at radius 3 is 2.65 bits per heavy atom. The summed E-state index contributed by atoms with van der Waals surface area (Å²) in [6.45, 7) is 6.03. The van der Waals surface area contributed by atoms with Gasteiger partial charge in [-0.05, 0) is 36.6 Å². The Hall–Kier alpha value is -2.89. The second-order valence-corrected chi connectivity index (χ2v) is 5.89. The van der Waals surface area contributed by atoms with E-state index in [2.05, 4.69) is 10.1 Å². The Morgan fingerprint density at radius 1 is 1.30 bits per heavy atom. The second-order valence-electron chi connectivity index (χ2n) is 5.89. The molecular weight excluding hydrogens is 292 g/mol. The summed E-state index contributed by atoms with van der Waals surface area (Å²) in [5.41, 5.74) is 9.59. The third-order valence-electron chi connectivity index (χ3n) is 3.71. The van der Waals surface area contributed by atoms with E-state index in [0.717, 1.165) is 16.9 Å². The normalized spacial score (nSPS) is 11.3. The average Bonchev–Trinajstić information content (AvgIpc) is 2.87. The molecule has 0 spiro atoms. The molecule has 0 saturated heterocycles. The summed E-state index contributed by atoms with van der Waals surface area (Å²) in [6.07, 6.45) is 0. The van der Waals surface area contributed by atoms with Crippen LogP contribution in [0.25, 0.3) is 16.7 Å². The van der Waals surface area contributed by atoms with Crippen molar-refractivity contribution in [2.75, 3.05) is 5.73 Å². The van der Waals surface area contributed by atoms with Crippen LogP contribution in [0.4, 0.5) is 5.69 Å². The first-order valence-corrected chi connectivity index (χ1v) is 7.38. The van der Waals surface area contributed by atoms with Gasteiger partial charge in [0.05, 0.1) is 16.8 Å². The number of hydrogen-bond acceptors (Lipinski definition) is 4. The summed E-state index contributed by atoms with van der Waals surface area (Å²) < 4.78 is 1.67. The summed E-state index contributed by atoms with van der Waals surface area (Å²) in [7, 11) is 0. The number of carboxylic acids is 1. The van der Waals surface area contributed by atoms with E-state index >= 15 is 0 Å². The molecule has 0 atom stereocenters. The van der Waals surface area contributed by atoms with Gasteiger partial charge >= 0.3 is 5.97 Å². The number of aromatic nitrogens is 3. The lowest BCUT2D eigenvalue weighted by atomic mass is 10.1. The van der Waals surface area contributed by atoms with Crippen molar-refractivity contribution in [2.24, 2.45) is 0 Å². The van der Waals surface area contributed by atoms with Gasteiger partial charge < -0.3 is 10.8 Å². The molecule has 0 unspecified atom stereocenters. The van der Waals surface area contributed by atoms with Gasteiger partial charge in [0.2, 0.25) is 0 Å². The first-order valence-electron chi connectivity index (χ1n) is 7.38. The summed E-state index contributed by atoms with van der Waals surface area (Å²) in [5, 5.41) is 14.6. The molecule has 6 nitrogen and oxygen atoms in total. The highest BCUT2D eigenvalue weighted by molar-refractivity contribution is 5.97. The molecule has 0 amide bonds. The monoisotopic (exact) mass is 310 g/mol. The van der Waals surface area contributed by atoms with E-state index in [-0.39, 0.29) is 11.6 Å². The minimum atomic E-state index is -1.11. The van der Waals surface area contributed by atoms with Crippen LogP contribution >= 0.6 is 0 Å². The number of rotatable bonds is 3. The molecule has 0 aliphatic heterocycles. The predicted molar refractivity (Wildman–Crippen MR) is 89.1 cm³/mol. The Balaban J connectivity index is 2.39. The number of fused-ring (bicyclic) bond motifs is 1. The standard InChI is InChI=1S/C17H18N4O2/c1-9(2)15-14-12(18)8-13(17(22)23)19-16(14)21(20-15)11-6-4-5-10(3)7-11/h4-9H,1-3H3,(H2,18,19)(H,22,23). The molecule has 0 aliphatic rings. The number of nitrogen functional groups attached to an aromatic ring is 1. The average molecular weight is 310 g/mol. The zero-order valence-corrected chi connectivity index (χ0v) is 13.2. The van der Waals surface area contributed by atoms with Gasteiger partial charge in [-0.1, -0.05) is 26.0 Å². The van der Waals surface area contributed by atoms with Crippen LogP contribution in [0, 0.1) is 6.92 Å². The van der Waals surface area contributed by atoms with Gasteiger partial charge in [0, 0.05) is 5.69 Å². The van der Waals surface area contributed by atoms with Crippen molar-refractivity contribution >= 4 is 22.7 Å². The Bertz CT molecular complexity index is 912. The molecule has 0 radical (unpaired) electrons. The van der Waals surface area contributed by atoms with E-state index in [4.69, 9.17) is 5.73 Å². The number of carbonyl (C=O) groups is 1. The molecule has 3 rings (SSSR count). The summed E-state index contributed by atoms with van der Waals surface area (Å²) in [5.74, 6) is -0.968. The maximum absolute atomic E-state index is 11.3. The van der Waals surface area contributed by atoms with Crippen LogP contribution in [0.5, 0.6) is 0 Å². The van der Waals surface area contributed by atoms with Crippen molar-refractivity contribution in [1.29, 1.82) is 0 Å². The molecule has 0 bridgehead atoms. The molecule has 118 valence electrons. The molecule has 23 heavy (non-hydrogen) atoms. The Morgan fingerprint density at radius 2 is 2.04 bits per heavy atom. The van der Waals surface area contributed by atoms with Gasteiger partial charge in [0.15, 0.2) is 11.3 Å². The van der Waals surface area contributed by atoms with E-state index in [9.17, 15) is 9.90 Å². The van der Waals surface area contributed by atoms with Crippen molar-refractivity contribution in [3.8, 4) is 5.69 Å². The zero-order chi connectivity index (χ0) is 16.7. The highest BCUT2D eigenvalue weighted by Crippen LogP contribution is 2.31. The minimum Gasteiger partial charge on any atom is -0.477 e. The summed E-state index contributed by atoms with van der Waals surface area (Å²) in [4.78, 5) is 15.6. The van der Waals surface area contributed by atoms with Gasteiger partial charge in [-0.3, -0.25) is 0 Å². The second kappa shape index (κ2) is 5.39. The minimum absolute atomic E-state index is 0.0842. The first kappa shape index (κ1) is 15.0. The van der Waals surface area contributed by atoms with Crippen molar-refractivity contribution in [3.05, 3.63) is 47.3 Å². The largest absolute Gasteiger partial charge is 0.477 e. The smallest absolute Gasteiger partial charge is 0.354 e. The maximum atomic E-state index is 11.3. The zero-order valence-electron chi connectivity index (χ0n) is 13.2. The van der Waals surface area contributed by atoms with Gasteiger partial charge in [-0.25, -0.2) is 14.5 Å².